The van der Waals surface area contributed by atoms with Crippen LogP contribution < -0.4 is 14.8 Å². The summed E-state index contributed by atoms with van der Waals surface area (Å²) < 4.78 is 10.5. The summed E-state index contributed by atoms with van der Waals surface area (Å²) in [6.45, 7) is 4.42. The van der Waals surface area contributed by atoms with E-state index in [0.29, 0.717) is 22.0 Å². The summed E-state index contributed by atoms with van der Waals surface area (Å²) in [5.41, 5.74) is 0.671. The van der Waals surface area contributed by atoms with Crippen molar-refractivity contribution in [3.63, 3.8) is 0 Å². The standard InChI is InChI=1S/C18H23N3O6/c1-10(2)21-17(24)16(23)20(18(21)25)9-15(22)19-11(3)13-8-12(26-4)6-7-14(13)27-5/h6-8,10-11H,9H2,1-5H3,(H,19,22)/t11-/m0/s1. The molecule has 9 heteroatoms. The maximum Gasteiger partial charge on any atom is 0.334 e. The van der Waals surface area contributed by atoms with E-state index in [9.17, 15) is 19.2 Å². The molecule has 0 spiro atoms. The first-order valence-corrected chi connectivity index (χ1v) is 8.41. The van der Waals surface area contributed by atoms with Crippen molar-refractivity contribution < 1.29 is 28.7 Å². The molecular formula is C18H23N3O6. The van der Waals surface area contributed by atoms with Crippen LogP contribution in [0.2, 0.25) is 0 Å². The van der Waals surface area contributed by atoms with E-state index in [-0.39, 0.29) is 0 Å². The molecule has 2 rings (SSSR count). The lowest BCUT2D eigenvalue weighted by Crippen LogP contribution is -2.43. The molecular weight excluding hydrogens is 354 g/mol. The molecule has 1 aliphatic rings. The van der Waals surface area contributed by atoms with Crippen LogP contribution in [0.3, 0.4) is 0 Å². The first kappa shape index (κ1) is 20.2. The van der Waals surface area contributed by atoms with Crippen LogP contribution in [0.4, 0.5) is 4.79 Å². The number of imide groups is 2. The maximum atomic E-state index is 12.4. The molecule has 1 heterocycles. The highest BCUT2D eigenvalue weighted by Gasteiger charge is 2.46. The van der Waals surface area contributed by atoms with E-state index in [1.807, 2.05) is 0 Å². The number of ether oxygens (including phenoxy) is 2. The molecule has 1 aromatic rings. The second-order valence-corrected chi connectivity index (χ2v) is 6.34. The molecule has 0 saturated carbocycles. The molecule has 0 bridgehead atoms. The van der Waals surface area contributed by atoms with Crippen molar-refractivity contribution in [3.05, 3.63) is 23.8 Å². The molecule has 0 radical (unpaired) electrons. The van der Waals surface area contributed by atoms with Gasteiger partial charge in [-0.1, -0.05) is 0 Å². The number of methoxy groups -OCH3 is 2. The van der Waals surface area contributed by atoms with E-state index >= 15 is 0 Å². The molecule has 1 atom stereocenters. The predicted octanol–water partition coefficient (Wildman–Crippen LogP) is 1.08. The quantitative estimate of drug-likeness (QED) is 0.563. The molecule has 9 nitrogen and oxygen atoms in total. The second-order valence-electron chi connectivity index (χ2n) is 6.34. The fourth-order valence-corrected chi connectivity index (χ4v) is 2.80. The first-order chi connectivity index (χ1) is 12.7. The number of carbonyl (C=O) groups is 4. The molecule has 0 unspecified atom stereocenters. The Hall–Kier alpha value is -3.10. The highest BCUT2D eigenvalue weighted by atomic mass is 16.5. The number of hydrogen-bond acceptors (Lipinski definition) is 6. The van der Waals surface area contributed by atoms with E-state index in [1.165, 1.54) is 14.2 Å². The van der Waals surface area contributed by atoms with Crippen molar-refractivity contribution >= 4 is 23.8 Å². The topological polar surface area (TPSA) is 105 Å². The Morgan fingerprint density at radius 2 is 1.74 bits per heavy atom. The summed E-state index contributed by atoms with van der Waals surface area (Å²) in [5.74, 6) is -1.36. The van der Waals surface area contributed by atoms with Crippen LogP contribution in [-0.4, -0.2) is 60.4 Å². The van der Waals surface area contributed by atoms with Crippen molar-refractivity contribution in [2.24, 2.45) is 0 Å². The van der Waals surface area contributed by atoms with Crippen LogP contribution in [0.25, 0.3) is 0 Å². The van der Waals surface area contributed by atoms with Gasteiger partial charge in [0, 0.05) is 11.6 Å². The third-order valence-electron chi connectivity index (χ3n) is 4.18. The minimum atomic E-state index is -1.00. The van der Waals surface area contributed by atoms with E-state index < -0.39 is 42.4 Å². The van der Waals surface area contributed by atoms with Crippen molar-refractivity contribution in [2.45, 2.75) is 32.9 Å². The van der Waals surface area contributed by atoms with Crippen molar-refractivity contribution in [2.75, 3.05) is 20.8 Å². The van der Waals surface area contributed by atoms with Gasteiger partial charge in [0.1, 0.15) is 18.0 Å². The van der Waals surface area contributed by atoms with Crippen molar-refractivity contribution in [3.8, 4) is 11.5 Å². The lowest BCUT2D eigenvalue weighted by molar-refractivity contribution is -0.144. The summed E-state index contributed by atoms with van der Waals surface area (Å²) in [7, 11) is 3.03. The highest BCUT2D eigenvalue weighted by Crippen LogP contribution is 2.29. The van der Waals surface area contributed by atoms with Gasteiger partial charge in [0.25, 0.3) is 0 Å². The lowest BCUT2D eigenvalue weighted by atomic mass is 10.1. The molecule has 1 N–H and O–H groups in total. The average Bonchev–Trinajstić information content (AvgIpc) is 2.84. The van der Waals surface area contributed by atoms with Crippen LogP contribution in [0.1, 0.15) is 32.4 Å². The van der Waals surface area contributed by atoms with Crippen molar-refractivity contribution in [1.82, 2.24) is 15.1 Å². The van der Waals surface area contributed by atoms with Crippen LogP contribution in [0.15, 0.2) is 18.2 Å². The monoisotopic (exact) mass is 377 g/mol. The fraction of sp³-hybridized carbons (Fsp3) is 0.444. The van der Waals surface area contributed by atoms with Gasteiger partial charge < -0.3 is 14.8 Å². The smallest absolute Gasteiger partial charge is 0.334 e. The van der Waals surface area contributed by atoms with Gasteiger partial charge in [0.2, 0.25) is 5.91 Å². The van der Waals surface area contributed by atoms with Crippen LogP contribution in [0.5, 0.6) is 11.5 Å². The average molecular weight is 377 g/mol. The number of nitrogens with one attached hydrogen (secondary N) is 1. The zero-order valence-electron chi connectivity index (χ0n) is 15.9. The largest absolute Gasteiger partial charge is 0.497 e. The molecule has 1 fully saturated rings. The fourth-order valence-electron chi connectivity index (χ4n) is 2.80. The molecule has 0 aromatic heterocycles. The number of carbonyl (C=O) groups excluding carboxylic acids is 4. The van der Waals surface area contributed by atoms with E-state index in [2.05, 4.69) is 5.32 Å². The zero-order valence-corrected chi connectivity index (χ0v) is 15.9. The number of nitrogens with zero attached hydrogens (tertiary/aromatic N) is 2. The van der Waals surface area contributed by atoms with Gasteiger partial charge in [-0.15, -0.1) is 0 Å². The SMILES string of the molecule is COc1ccc(OC)c([C@H](C)NC(=O)CN2C(=O)C(=O)N(C(C)C)C2=O)c1. The molecule has 1 aromatic carbocycles. The first-order valence-electron chi connectivity index (χ1n) is 8.41. The summed E-state index contributed by atoms with van der Waals surface area (Å²) in [6, 6.07) is 3.42. The molecule has 0 aliphatic carbocycles. The normalized spacial score (nSPS) is 15.4. The third kappa shape index (κ3) is 4.02. The van der Waals surface area contributed by atoms with Crippen LogP contribution in [-0.2, 0) is 14.4 Å². The molecule has 1 aliphatic heterocycles. The van der Waals surface area contributed by atoms with Crippen molar-refractivity contribution in [1.29, 1.82) is 0 Å². The van der Waals surface area contributed by atoms with Crippen LogP contribution >= 0.6 is 0 Å². The Labute approximate surface area is 157 Å². The van der Waals surface area contributed by atoms with E-state index in [4.69, 9.17) is 9.47 Å². The van der Waals surface area contributed by atoms with Gasteiger partial charge in [-0.25, -0.2) is 9.69 Å². The molecule has 5 amide bonds. The molecule has 146 valence electrons. The van der Waals surface area contributed by atoms with Gasteiger partial charge in [-0.2, -0.15) is 0 Å². The zero-order chi connectivity index (χ0) is 20.3. The minimum absolute atomic E-state index is 0.470. The van der Waals surface area contributed by atoms with Crippen LogP contribution in [0, 0.1) is 0 Å². The summed E-state index contributed by atoms with van der Waals surface area (Å²) in [4.78, 5) is 50.0. The number of benzene rings is 1. The second kappa shape index (κ2) is 8.07. The Kier molecular flexibility index (Phi) is 6.04. The Morgan fingerprint density at radius 1 is 1.07 bits per heavy atom. The van der Waals surface area contributed by atoms with Gasteiger partial charge in [-0.05, 0) is 39.0 Å². The Morgan fingerprint density at radius 3 is 2.26 bits per heavy atom. The number of rotatable bonds is 7. The van der Waals surface area contributed by atoms with E-state index in [1.54, 1.807) is 39.0 Å². The van der Waals surface area contributed by atoms with Gasteiger partial charge in [-0.3, -0.25) is 19.3 Å². The van der Waals surface area contributed by atoms with E-state index in [0.717, 1.165) is 4.90 Å². The summed E-state index contributed by atoms with van der Waals surface area (Å²) >= 11 is 0. The highest BCUT2D eigenvalue weighted by molar-refractivity contribution is 6.45. The number of hydrogen-bond donors (Lipinski definition) is 1. The molecule has 27 heavy (non-hydrogen) atoms. The Bertz CT molecular complexity index is 776. The van der Waals surface area contributed by atoms with Gasteiger partial charge in [0.05, 0.1) is 20.3 Å². The molecule has 1 saturated heterocycles. The lowest BCUT2D eigenvalue weighted by Gasteiger charge is -2.20. The van der Waals surface area contributed by atoms with Gasteiger partial charge in [0.15, 0.2) is 0 Å². The number of amides is 5. The van der Waals surface area contributed by atoms with Gasteiger partial charge >= 0.3 is 17.8 Å². The summed E-state index contributed by atoms with van der Waals surface area (Å²) in [5, 5.41) is 2.70. The predicted molar refractivity (Wildman–Crippen MR) is 95.2 cm³/mol. The Balaban J connectivity index is 2.11. The number of urea groups is 1. The minimum Gasteiger partial charge on any atom is -0.497 e. The summed E-state index contributed by atoms with van der Waals surface area (Å²) in [6.07, 6.45) is 0. The third-order valence-corrected chi connectivity index (χ3v) is 4.18. The maximum absolute atomic E-state index is 12.4.